The Balaban J connectivity index is 3.01. The molecule has 0 radical (unpaired) electrons. The highest BCUT2D eigenvalue weighted by molar-refractivity contribution is 6.30. The van der Waals surface area contributed by atoms with E-state index in [1.54, 1.807) is 6.07 Å². The number of halogens is 1. The number of nitrogens with two attached hydrogens (primary N) is 1. The summed E-state index contributed by atoms with van der Waals surface area (Å²) in [6.45, 7) is 0. The molecule has 0 aromatic carbocycles. The molecule has 1 aromatic rings. The van der Waals surface area contributed by atoms with Crippen LogP contribution in [0.15, 0.2) is 12.3 Å². The highest BCUT2D eigenvalue weighted by atomic mass is 35.5. The summed E-state index contributed by atoms with van der Waals surface area (Å²) in [5, 5.41) is 0.262. The zero-order valence-corrected chi connectivity index (χ0v) is 7.51. The maximum absolute atomic E-state index is 9.98. The summed E-state index contributed by atoms with van der Waals surface area (Å²) >= 11 is 5.73. The molecular formula is C9H7ClN2O. The summed E-state index contributed by atoms with van der Waals surface area (Å²) in [6.07, 6.45) is 2.39. The molecule has 0 aliphatic heterocycles. The maximum Gasteiger partial charge on any atom is 0.146 e. The Labute approximate surface area is 80.9 Å². The molecule has 1 rings (SSSR count). The monoisotopic (exact) mass is 194 g/mol. The van der Waals surface area contributed by atoms with Crippen molar-refractivity contribution in [2.45, 2.75) is 6.42 Å². The number of aromatic nitrogens is 1. The van der Waals surface area contributed by atoms with Crippen LogP contribution in [0.3, 0.4) is 0 Å². The van der Waals surface area contributed by atoms with Gasteiger partial charge < -0.3 is 10.5 Å². The number of nitrogen functional groups attached to an aromatic ring is 1. The van der Waals surface area contributed by atoms with Crippen molar-refractivity contribution in [3.05, 3.63) is 23.0 Å². The first-order valence-electron chi connectivity index (χ1n) is 3.58. The summed E-state index contributed by atoms with van der Waals surface area (Å²) in [4.78, 5) is 13.8. The predicted molar refractivity (Wildman–Crippen MR) is 51.2 cm³/mol. The molecule has 13 heavy (non-hydrogen) atoms. The molecule has 0 fully saturated rings. The van der Waals surface area contributed by atoms with Crippen LogP contribution in [0, 0.1) is 11.8 Å². The van der Waals surface area contributed by atoms with E-state index in [2.05, 4.69) is 16.8 Å². The SMILES string of the molecule is Nc1ccnc(Cl)c1C#CCC=O. The van der Waals surface area contributed by atoms with Crippen LogP contribution >= 0.6 is 11.6 Å². The first-order valence-corrected chi connectivity index (χ1v) is 3.96. The Morgan fingerprint density at radius 2 is 2.46 bits per heavy atom. The van der Waals surface area contributed by atoms with Gasteiger partial charge >= 0.3 is 0 Å². The fraction of sp³-hybridized carbons (Fsp3) is 0.111. The van der Waals surface area contributed by atoms with Crippen LogP contribution in [0.25, 0.3) is 0 Å². The van der Waals surface area contributed by atoms with Crippen molar-refractivity contribution in [2.75, 3.05) is 5.73 Å². The maximum atomic E-state index is 9.98. The summed E-state index contributed by atoms with van der Waals surface area (Å²) in [5.41, 5.74) is 6.54. The van der Waals surface area contributed by atoms with E-state index < -0.39 is 0 Å². The van der Waals surface area contributed by atoms with Gasteiger partial charge in [-0.3, -0.25) is 0 Å². The van der Waals surface area contributed by atoms with Gasteiger partial charge in [0.05, 0.1) is 17.7 Å². The minimum atomic E-state index is 0.171. The van der Waals surface area contributed by atoms with Crippen LogP contribution in [0.5, 0.6) is 0 Å². The summed E-state index contributed by atoms with van der Waals surface area (Å²) in [5.74, 6) is 5.29. The van der Waals surface area contributed by atoms with Gasteiger partial charge in [0, 0.05) is 6.20 Å². The van der Waals surface area contributed by atoms with Crippen LogP contribution in [0.1, 0.15) is 12.0 Å². The summed E-state index contributed by atoms with van der Waals surface area (Å²) in [7, 11) is 0. The van der Waals surface area contributed by atoms with Crippen molar-refractivity contribution in [3.8, 4) is 11.8 Å². The molecule has 0 atom stereocenters. The normalized spacial score (nSPS) is 8.69. The van der Waals surface area contributed by atoms with Crippen molar-refractivity contribution in [1.29, 1.82) is 0 Å². The van der Waals surface area contributed by atoms with E-state index in [1.165, 1.54) is 6.20 Å². The number of rotatable bonds is 1. The second-order valence-corrected chi connectivity index (χ2v) is 2.60. The third kappa shape index (κ3) is 2.46. The molecule has 3 nitrogen and oxygen atoms in total. The molecule has 0 saturated carbocycles. The number of hydrogen-bond acceptors (Lipinski definition) is 3. The first kappa shape index (κ1) is 9.56. The molecule has 0 aliphatic rings. The van der Waals surface area contributed by atoms with Gasteiger partial charge in [-0.25, -0.2) is 4.98 Å². The van der Waals surface area contributed by atoms with E-state index in [9.17, 15) is 4.79 Å². The molecule has 1 aromatic heterocycles. The smallest absolute Gasteiger partial charge is 0.146 e. The van der Waals surface area contributed by atoms with Crippen LogP contribution in [-0.2, 0) is 4.79 Å². The third-order valence-corrected chi connectivity index (χ3v) is 1.62. The lowest BCUT2D eigenvalue weighted by molar-refractivity contribution is -0.107. The minimum absolute atomic E-state index is 0.171. The first-order chi connectivity index (χ1) is 6.25. The summed E-state index contributed by atoms with van der Waals surface area (Å²) < 4.78 is 0. The topological polar surface area (TPSA) is 56.0 Å². The Morgan fingerprint density at radius 1 is 1.69 bits per heavy atom. The molecule has 0 aliphatic carbocycles. The number of hydrogen-bond donors (Lipinski definition) is 1. The average molecular weight is 195 g/mol. The van der Waals surface area contributed by atoms with Crippen molar-refractivity contribution in [1.82, 2.24) is 4.98 Å². The Kier molecular flexibility index (Phi) is 3.30. The van der Waals surface area contributed by atoms with Gasteiger partial charge in [0.25, 0.3) is 0 Å². The van der Waals surface area contributed by atoms with Crippen molar-refractivity contribution < 1.29 is 4.79 Å². The number of carbonyl (C=O) groups is 1. The van der Waals surface area contributed by atoms with Crippen molar-refractivity contribution in [2.24, 2.45) is 0 Å². The van der Waals surface area contributed by atoms with Gasteiger partial charge in [0.1, 0.15) is 11.4 Å². The number of nitrogens with zero attached hydrogens (tertiary/aromatic N) is 1. The van der Waals surface area contributed by atoms with Crippen LogP contribution in [-0.4, -0.2) is 11.3 Å². The minimum Gasteiger partial charge on any atom is -0.398 e. The van der Waals surface area contributed by atoms with Gasteiger partial charge in [-0.05, 0) is 6.07 Å². The number of anilines is 1. The van der Waals surface area contributed by atoms with E-state index >= 15 is 0 Å². The van der Waals surface area contributed by atoms with Crippen molar-refractivity contribution >= 4 is 23.6 Å². The highest BCUT2D eigenvalue weighted by Crippen LogP contribution is 2.17. The molecule has 4 heteroatoms. The standard InChI is InChI=1S/C9H7ClN2O/c10-9-7(3-1-2-6-13)8(11)4-5-12-9/h4-6H,2H2,(H2,11,12). The van der Waals surface area contributed by atoms with Crippen LogP contribution in [0.4, 0.5) is 5.69 Å². The third-order valence-electron chi connectivity index (χ3n) is 1.34. The molecule has 0 saturated heterocycles. The lowest BCUT2D eigenvalue weighted by Gasteiger charge is -1.97. The largest absolute Gasteiger partial charge is 0.398 e. The quantitative estimate of drug-likeness (QED) is 0.416. The lowest BCUT2D eigenvalue weighted by Crippen LogP contribution is -1.92. The highest BCUT2D eigenvalue weighted by Gasteiger charge is 2.00. The van der Waals surface area contributed by atoms with E-state index in [0.29, 0.717) is 17.5 Å². The lowest BCUT2D eigenvalue weighted by atomic mass is 10.2. The van der Waals surface area contributed by atoms with Gasteiger partial charge in [-0.15, -0.1) is 0 Å². The Morgan fingerprint density at radius 3 is 3.08 bits per heavy atom. The van der Waals surface area contributed by atoms with Gasteiger partial charge in [0.2, 0.25) is 0 Å². The molecule has 0 unspecified atom stereocenters. The zero-order chi connectivity index (χ0) is 9.68. The van der Waals surface area contributed by atoms with E-state index in [-0.39, 0.29) is 11.6 Å². The van der Waals surface area contributed by atoms with Gasteiger partial charge in [0.15, 0.2) is 0 Å². The molecule has 1 heterocycles. The molecular weight excluding hydrogens is 188 g/mol. The fourth-order valence-electron chi connectivity index (χ4n) is 0.755. The average Bonchev–Trinajstić information content (AvgIpc) is 2.10. The van der Waals surface area contributed by atoms with Crippen molar-refractivity contribution in [3.63, 3.8) is 0 Å². The van der Waals surface area contributed by atoms with Crippen LogP contribution in [0.2, 0.25) is 5.15 Å². The zero-order valence-electron chi connectivity index (χ0n) is 6.75. The second kappa shape index (κ2) is 4.48. The predicted octanol–water partition coefficient (Wildman–Crippen LogP) is 1.26. The van der Waals surface area contributed by atoms with E-state index in [1.807, 2.05) is 0 Å². The molecule has 66 valence electrons. The Hall–Kier alpha value is -1.53. The summed E-state index contributed by atoms with van der Waals surface area (Å²) in [6, 6.07) is 1.61. The fourth-order valence-corrected chi connectivity index (χ4v) is 0.968. The van der Waals surface area contributed by atoms with Gasteiger partial charge in [-0.2, -0.15) is 0 Å². The second-order valence-electron chi connectivity index (χ2n) is 2.24. The number of aldehydes is 1. The molecule has 0 spiro atoms. The van der Waals surface area contributed by atoms with Gasteiger partial charge in [-0.1, -0.05) is 23.4 Å². The Bertz CT molecular complexity index is 359. The molecule has 0 bridgehead atoms. The number of pyridine rings is 1. The van der Waals surface area contributed by atoms with Crippen LogP contribution < -0.4 is 5.73 Å². The van der Waals surface area contributed by atoms with E-state index in [0.717, 1.165) is 0 Å². The molecule has 0 amide bonds. The number of carbonyl (C=O) groups excluding carboxylic acids is 1. The van der Waals surface area contributed by atoms with E-state index in [4.69, 9.17) is 17.3 Å². The molecule has 2 N–H and O–H groups in total.